The number of nitrogens with zero attached hydrogens (tertiary/aromatic N) is 5. The molecule has 24 heavy (non-hydrogen) atoms. The lowest BCUT2D eigenvalue weighted by atomic mass is 9.93. The van der Waals surface area contributed by atoms with E-state index >= 15 is 0 Å². The molecule has 0 amide bonds. The second kappa shape index (κ2) is 6.20. The topological polar surface area (TPSA) is 92.0 Å². The first-order valence-corrected chi connectivity index (χ1v) is 8.13. The first-order valence-electron chi connectivity index (χ1n) is 8.13. The molecule has 0 radical (unpaired) electrons. The lowest BCUT2D eigenvalue weighted by molar-refractivity contribution is -0.0156. The summed E-state index contributed by atoms with van der Waals surface area (Å²) in [5.74, 6) is 2.43. The average Bonchev–Trinajstić information content (AvgIpc) is 3.34. The fourth-order valence-electron chi connectivity index (χ4n) is 3.00. The van der Waals surface area contributed by atoms with Crippen LogP contribution in [0.4, 0.5) is 0 Å². The number of imidazole rings is 1. The molecule has 1 saturated heterocycles. The van der Waals surface area contributed by atoms with E-state index < -0.39 is 0 Å². The van der Waals surface area contributed by atoms with Crippen molar-refractivity contribution in [3.8, 4) is 11.6 Å². The minimum Gasteiger partial charge on any atom is -0.448 e. The molecule has 126 valence electrons. The van der Waals surface area contributed by atoms with E-state index in [2.05, 4.69) is 20.2 Å². The predicted octanol–water partition coefficient (Wildman–Crippen LogP) is 2.66. The molecule has 8 nitrogen and oxygen atoms in total. The molecular formula is C16H19N5O3. The number of aromatic nitrogens is 5. The van der Waals surface area contributed by atoms with Gasteiger partial charge in [-0.1, -0.05) is 6.92 Å². The maximum Gasteiger partial charge on any atom is 0.269 e. The van der Waals surface area contributed by atoms with E-state index in [1.165, 1.54) is 0 Å². The van der Waals surface area contributed by atoms with E-state index in [9.17, 15) is 0 Å². The third-order valence-corrected chi connectivity index (χ3v) is 4.27. The van der Waals surface area contributed by atoms with Gasteiger partial charge in [-0.25, -0.2) is 9.97 Å². The van der Waals surface area contributed by atoms with Gasteiger partial charge in [0.15, 0.2) is 11.6 Å². The highest BCUT2D eigenvalue weighted by Gasteiger charge is 2.35. The summed E-state index contributed by atoms with van der Waals surface area (Å²) in [5, 5.41) is 8.35. The van der Waals surface area contributed by atoms with E-state index in [0.29, 0.717) is 30.0 Å². The van der Waals surface area contributed by atoms with Crippen molar-refractivity contribution in [2.45, 2.75) is 38.2 Å². The SMILES string of the molecule is CCc1nc(-c2nnc([C@@H]3CCCO[C@H]3c3nccn3C)o2)co1. The van der Waals surface area contributed by atoms with E-state index in [0.717, 1.165) is 25.1 Å². The van der Waals surface area contributed by atoms with Gasteiger partial charge >= 0.3 is 0 Å². The molecule has 0 bridgehead atoms. The standard InChI is InChI=1S/C16H19N5O3/c1-3-12-18-11(9-23-12)16-20-19-15(24-16)10-5-4-8-22-13(10)14-17-6-7-21(14)2/h6-7,9-10,13H,3-5,8H2,1-2H3/t10-,13-/m1/s1. The summed E-state index contributed by atoms with van der Waals surface area (Å²) in [6, 6.07) is 0. The van der Waals surface area contributed by atoms with Crippen LogP contribution in [0.3, 0.4) is 0 Å². The van der Waals surface area contributed by atoms with Crippen molar-refractivity contribution in [1.29, 1.82) is 0 Å². The van der Waals surface area contributed by atoms with Gasteiger partial charge in [-0.15, -0.1) is 10.2 Å². The summed E-state index contributed by atoms with van der Waals surface area (Å²) in [5.41, 5.74) is 0.566. The second-order valence-corrected chi connectivity index (χ2v) is 5.86. The molecule has 1 aliphatic heterocycles. The van der Waals surface area contributed by atoms with Crippen LogP contribution in [0.25, 0.3) is 11.6 Å². The van der Waals surface area contributed by atoms with Gasteiger partial charge in [-0.3, -0.25) is 0 Å². The summed E-state index contributed by atoms with van der Waals surface area (Å²) in [6.45, 7) is 2.68. The molecule has 0 saturated carbocycles. The fraction of sp³-hybridized carbons (Fsp3) is 0.500. The van der Waals surface area contributed by atoms with Crippen molar-refractivity contribution in [2.24, 2.45) is 7.05 Å². The molecule has 0 aliphatic carbocycles. The first-order chi connectivity index (χ1) is 11.8. The fourth-order valence-corrected chi connectivity index (χ4v) is 3.00. The van der Waals surface area contributed by atoms with Gasteiger partial charge in [0.05, 0.1) is 5.92 Å². The number of aryl methyl sites for hydroxylation is 2. The second-order valence-electron chi connectivity index (χ2n) is 5.86. The largest absolute Gasteiger partial charge is 0.448 e. The van der Waals surface area contributed by atoms with Crippen molar-refractivity contribution in [3.63, 3.8) is 0 Å². The van der Waals surface area contributed by atoms with Gasteiger partial charge in [-0.2, -0.15) is 0 Å². The number of rotatable bonds is 4. The van der Waals surface area contributed by atoms with Crippen LogP contribution in [0.5, 0.6) is 0 Å². The minimum absolute atomic E-state index is 0.0151. The maximum absolute atomic E-state index is 5.96. The number of ether oxygens (including phenoxy) is 1. The van der Waals surface area contributed by atoms with Crippen molar-refractivity contribution < 1.29 is 13.6 Å². The van der Waals surface area contributed by atoms with E-state index in [-0.39, 0.29) is 12.0 Å². The summed E-state index contributed by atoms with van der Waals surface area (Å²) in [7, 11) is 1.96. The highest BCUT2D eigenvalue weighted by molar-refractivity contribution is 5.43. The number of hydrogen-bond acceptors (Lipinski definition) is 7. The van der Waals surface area contributed by atoms with Crippen LogP contribution in [-0.2, 0) is 18.2 Å². The van der Waals surface area contributed by atoms with Crippen molar-refractivity contribution in [3.05, 3.63) is 36.3 Å². The van der Waals surface area contributed by atoms with Crippen molar-refractivity contribution >= 4 is 0 Å². The zero-order valence-corrected chi connectivity index (χ0v) is 13.7. The van der Waals surface area contributed by atoms with E-state index in [1.807, 2.05) is 24.7 Å². The Morgan fingerprint density at radius 3 is 3.00 bits per heavy atom. The predicted molar refractivity (Wildman–Crippen MR) is 83.0 cm³/mol. The Morgan fingerprint density at radius 1 is 1.33 bits per heavy atom. The van der Waals surface area contributed by atoms with Gasteiger partial charge in [0.1, 0.15) is 18.2 Å². The molecule has 1 aliphatic rings. The quantitative estimate of drug-likeness (QED) is 0.726. The van der Waals surface area contributed by atoms with Crippen LogP contribution in [0, 0.1) is 0 Å². The Morgan fingerprint density at radius 2 is 2.25 bits per heavy atom. The Kier molecular flexibility index (Phi) is 3.89. The summed E-state index contributed by atoms with van der Waals surface area (Å²) in [4.78, 5) is 8.75. The van der Waals surface area contributed by atoms with Gasteiger partial charge in [0.25, 0.3) is 5.89 Å². The molecule has 8 heteroatoms. The first kappa shape index (κ1) is 15.1. The van der Waals surface area contributed by atoms with Crippen LogP contribution in [-0.4, -0.2) is 31.3 Å². The molecule has 0 N–H and O–H groups in total. The third-order valence-electron chi connectivity index (χ3n) is 4.27. The molecule has 4 rings (SSSR count). The van der Waals surface area contributed by atoms with Gasteiger partial charge in [-0.05, 0) is 12.8 Å². The number of oxazole rings is 1. The van der Waals surface area contributed by atoms with E-state index in [1.54, 1.807) is 12.5 Å². The van der Waals surface area contributed by atoms with Gasteiger partial charge in [0.2, 0.25) is 5.89 Å². The highest BCUT2D eigenvalue weighted by atomic mass is 16.5. The Bertz CT molecular complexity index is 821. The molecule has 3 aromatic heterocycles. The molecule has 2 atom stereocenters. The van der Waals surface area contributed by atoms with Gasteiger partial charge in [0, 0.05) is 32.5 Å². The number of hydrogen-bond donors (Lipinski definition) is 0. The minimum atomic E-state index is -0.185. The highest BCUT2D eigenvalue weighted by Crippen LogP contribution is 2.39. The Labute approximate surface area is 138 Å². The van der Waals surface area contributed by atoms with E-state index in [4.69, 9.17) is 13.6 Å². The van der Waals surface area contributed by atoms with Gasteiger partial charge < -0.3 is 18.1 Å². The Hall–Kier alpha value is -2.48. The molecule has 3 aromatic rings. The monoisotopic (exact) mass is 329 g/mol. The zero-order chi connectivity index (χ0) is 16.5. The van der Waals surface area contributed by atoms with Crippen LogP contribution in [0.1, 0.15) is 49.4 Å². The summed E-state index contributed by atoms with van der Waals surface area (Å²) in [6.07, 6.45) is 7.63. The molecule has 0 spiro atoms. The van der Waals surface area contributed by atoms with Crippen LogP contribution >= 0.6 is 0 Å². The molecule has 0 aromatic carbocycles. The summed E-state index contributed by atoms with van der Waals surface area (Å²) < 4.78 is 19.1. The maximum atomic E-state index is 5.96. The molecular weight excluding hydrogens is 310 g/mol. The van der Waals surface area contributed by atoms with Crippen molar-refractivity contribution in [1.82, 2.24) is 24.7 Å². The average molecular weight is 329 g/mol. The molecule has 4 heterocycles. The molecule has 1 fully saturated rings. The molecule has 0 unspecified atom stereocenters. The third kappa shape index (κ3) is 2.62. The lowest BCUT2D eigenvalue weighted by Crippen LogP contribution is -2.23. The van der Waals surface area contributed by atoms with Crippen LogP contribution in [0.2, 0.25) is 0 Å². The lowest BCUT2D eigenvalue weighted by Gasteiger charge is -2.28. The smallest absolute Gasteiger partial charge is 0.269 e. The zero-order valence-electron chi connectivity index (χ0n) is 13.7. The van der Waals surface area contributed by atoms with Crippen LogP contribution < -0.4 is 0 Å². The normalized spacial score (nSPS) is 21.2. The Balaban J connectivity index is 1.63. The van der Waals surface area contributed by atoms with Crippen LogP contribution in [0.15, 0.2) is 27.5 Å². The summed E-state index contributed by atoms with van der Waals surface area (Å²) >= 11 is 0. The van der Waals surface area contributed by atoms with Crippen molar-refractivity contribution in [2.75, 3.05) is 6.61 Å².